The molecule has 0 saturated carbocycles. The zero-order chi connectivity index (χ0) is 24.1. The Kier molecular flexibility index (Phi) is 7.21. The highest BCUT2D eigenvalue weighted by Crippen LogP contribution is 2.26. The van der Waals surface area contributed by atoms with Crippen molar-refractivity contribution >= 4 is 16.8 Å². The van der Waals surface area contributed by atoms with Gasteiger partial charge < -0.3 is 4.90 Å². The van der Waals surface area contributed by atoms with E-state index >= 15 is 0 Å². The van der Waals surface area contributed by atoms with E-state index in [0.29, 0.717) is 41.8 Å². The number of benzene rings is 3. The van der Waals surface area contributed by atoms with E-state index in [1.165, 1.54) is 0 Å². The maximum Gasteiger partial charge on any atom is 0.261 e. The highest BCUT2D eigenvalue weighted by atomic mass is 16.2. The SMILES string of the molecule is CCCN(C(=O)c1ccc(C)cc1)C(CC)c1nc2ccccc2c(=O)n1Cc1ccccc1. The molecule has 1 unspecified atom stereocenters. The number of hydrogen-bond acceptors (Lipinski definition) is 3. The third-order valence-electron chi connectivity index (χ3n) is 6.16. The van der Waals surface area contributed by atoms with Crippen LogP contribution in [0.4, 0.5) is 0 Å². The van der Waals surface area contributed by atoms with E-state index in [-0.39, 0.29) is 17.5 Å². The van der Waals surface area contributed by atoms with Crippen molar-refractivity contribution < 1.29 is 4.79 Å². The Morgan fingerprint density at radius 1 is 0.941 bits per heavy atom. The van der Waals surface area contributed by atoms with Gasteiger partial charge in [-0.25, -0.2) is 4.98 Å². The van der Waals surface area contributed by atoms with Crippen LogP contribution in [0.5, 0.6) is 0 Å². The Hall–Kier alpha value is -3.73. The molecule has 1 heterocycles. The van der Waals surface area contributed by atoms with Gasteiger partial charge in [0.25, 0.3) is 11.5 Å². The van der Waals surface area contributed by atoms with E-state index in [4.69, 9.17) is 4.98 Å². The van der Waals surface area contributed by atoms with Crippen LogP contribution in [-0.2, 0) is 6.54 Å². The van der Waals surface area contributed by atoms with Crippen molar-refractivity contribution in [3.8, 4) is 0 Å². The lowest BCUT2D eigenvalue weighted by Gasteiger charge is -2.32. The van der Waals surface area contributed by atoms with Crippen molar-refractivity contribution in [3.63, 3.8) is 0 Å². The van der Waals surface area contributed by atoms with Crippen LogP contribution >= 0.6 is 0 Å². The number of para-hydroxylation sites is 1. The third kappa shape index (κ3) is 4.79. The predicted molar refractivity (Wildman–Crippen MR) is 137 cm³/mol. The summed E-state index contributed by atoms with van der Waals surface area (Å²) in [6, 6.07) is 24.7. The molecule has 0 fully saturated rings. The number of carbonyl (C=O) groups is 1. The highest BCUT2D eigenvalue weighted by molar-refractivity contribution is 5.94. The molecule has 0 N–H and O–H groups in total. The molecule has 1 aromatic heterocycles. The largest absolute Gasteiger partial charge is 0.328 e. The molecular weight excluding hydrogens is 422 g/mol. The van der Waals surface area contributed by atoms with Gasteiger partial charge in [-0.1, -0.05) is 74.0 Å². The second-order valence-corrected chi connectivity index (χ2v) is 8.65. The van der Waals surface area contributed by atoms with Gasteiger partial charge in [-0.2, -0.15) is 0 Å². The quantitative estimate of drug-likeness (QED) is 0.341. The zero-order valence-corrected chi connectivity index (χ0v) is 20.1. The average molecular weight is 454 g/mol. The third-order valence-corrected chi connectivity index (χ3v) is 6.16. The summed E-state index contributed by atoms with van der Waals surface area (Å²) in [6.45, 7) is 7.10. The number of amides is 1. The smallest absolute Gasteiger partial charge is 0.261 e. The second-order valence-electron chi connectivity index (χ2n) is 8.65. The van der Waals surface area contributed by atoms with E-state index in [1.807, 2.05) is 97.6 Å². The van der Waals surface area contributed by atoms with Gasteiger partial charge >= 0.3 is 0 Å². The Balaban J connectivity index is 1.87. The molecule has 0 bridgehead atoms. The Morgan fingerprint density at radius 2 is 1.62 bits per heavy atom. The normalized spacial score (nSPS) is 12.0. The summed E-state index contributed by atoms with van der Waals surface area (Å²) in [6.07, 6.45) is 1.46. The molecular formula is C29H31N3O2. The molecule has 3 aromatic carbocycles. The summed E-state index contributed by atoms with van der Waals surface area (Å²) in [7, 11) is 0. The Morgan fingerprint density at radius 3 is 2.29 bits per heavy atom. The van der Waals surface area contributed by atoms with E-state index in [9.17, 15) is 9.59 Å². The van der Waals surface area contributed by atoms with Gasteiger partial charge in [0.2, 0.25) is 0 Å². The van der Waals surface area contributed by atoms with Crippen LogP contribution in [0.25, 0.3) is 10.9 Å². The molecule has 0 aliphatic heterocycles. The molecule has 0 saturated heterocycles. The topological polar surface area (TPSA) is 55.2 Å². The first-order chi connectivity index (χ1) is 16.5. The van der Waals surface area contributed by atoms with E-state index < -0.39 is 0 Å². The summed E-state index contributed by atoms with van der Waals surface area (Å²) < 4.78 is 1.75. The van der Waals surface area contributed by atoms with Crippen molar-refractivity contribution in [2.75, 3.05) is 6.54 Å². The fourth-order valence-electron chi connectivity index (χ4n) is 4.40. The van der Waals surface area contributed by atoms with Crippen molar-refractivity contribution in [1.82, 2.24) is 14.5 Å². The first kappa shape index (κ1) is 23.4. The van der Waals surface area contributed by atoms with Gasteiger partial charge in [0, 0.05) is 12.1 Å². The average Bonchev–Trinajstić information content (AvgIpc) is 2.87. The highest BCUT2D eigenvalue weighted by Gasteiger charge is 2.28. The summed E-state index contributed by atoms with van der Waals surface area (Å²) in [5, 5.41) is 0.587. The minimum atomic E-state index is -0.324. The van der Waals surface area contributed by atoms with Gasteiger partial charge in [-0.15, -0.1) is 0 Å². The van der Waals surface area contributed by atoms with Crippen LogP contribution in [0.2, 0.25) is 0 Å². The molecule has 1 amide bonds. The van der Waals surface area contributed by atoms with Crippen LogP contribution in [0.3, 0.4) is 0 Å². The van der Waals surface area contributed by atoms with Crippen LogP contribution < -0.4 is 5.56 Å². The second kappa shape index (κ2) is 10.5. The number of aryl methyl sites for hydroxylation is 1. The molecule has 5 nitrogen and oxygen atoms in total. The Labute approximate surface area is 200 Å². The number of rotatable bonds is 8. The van der Waals surface area contributed by atoms with Gasteiger partial charge in [0.05, 0.1) is 23.5 Å². The fourth-order valence-corrected chi connectivity index (χ4v) is 4.40. The van der Waals surface area contributed by atoms with E-state index in [2.05, 4.69) is 6.92 Å². The summed E-state index contributed by atoms with van der Waals surface area (Å²) >= 11 is 0. The molecule has 0 spiro atoms. The van der Waals surface area contributed by atoms with Crippen molar-refractivity contribution in [2.24, 2.45) is 0 Å². The standard InChI is InChI=1S/C29H31N3O2/c1-4-19-31(28(33)23-17-15-21(3)16-18-23)26(5-2)27-30-25-14-10-9-13-24(25)29(34)32(27)20-22-11-7-6-8-12-22/h6-18,26H,4-5,19-20H2,1-3H3. The molecule has 34 heavy (non-hydrogen) atoms. The summed E-state index contributed by atoms with van der Waals surface area (Å²) in [4.78, 5) is 34.1. The first-order valence-electron chi connectivity index (χ1n) is 11.9. The number of nitrogens with zero attached hydrogens (tertiary/aromatic N) is 3. The van der Waals surface area contributed by atoms with Gasteiger partial charge in [-0.05, 0) is 49.6 Å². The fraction of sp³-hybridized carbons (Fsp3) is 0.276. The lowest BCUT2D eigenvalue weighted by molar-refractivity contribution is 0.0657. The van der Waals surface area contributed by atoms with Gasteiger partial charge in [0.1, 0.15) is 5.82 Å². The minimum absolute atomic E-state index is 0.0395. The van der Waals surface area contributed by atoms with Crippen LogP contribution in [0, 0.1) is 6.92 Å². The molecule has 4 aromatic rings. The van der Waals surface area contributed by atoms with Gasteiger partial charge in [0.15, 0.2) is 0 Å². The number of hydrogen-bond donors (Lipinski definition) is 0. The maximum atomic E-state index is 13.7. The maximum absolute atomic E-state index is 13.7. The van der Waals surface area contributed by atoms with Crippen molar-refractivity contribution in [3.05, 3.63) is 112 Å². The number of aromatic nitrogens is 2. The molecule has 5 heteroatoms. The first-order valence-corrected chi connectivity index (χ1v) is 11.9. The predicted octanol–water partition coefficient (Wildman–Crippen LogP) is 5.76. The monoisotopic (exact) mass is 453 g/mol. The molecule has 0 aliphatic rings. The van der Waals surface area contributed by atoms with Gasteiger partial charge in [-0.3, -0.25) is 14.2 Å². The summed E-state index contributed by atoms with van der Waals surface area (Å²) in [5.74, 6) is 0.589. The Bertz CT molecular complexity index is 1330. The molecule has 174 valence electrons. The lowest BCUT2D eigenvalue weighted by atomic mass is 10.1. The lowest BCUT2D eigenvalue weighted by Crippen LogP contribution is -2.39. The van der Waals surface area contributed by atoms with E-state index in [0.717, 1.165) is 17.5 Å². The van der Waals surface area contributed by atoms with Crippen molar-refractivity contribution in [1.29, 1.82) is 0 Å². The summed E-state index contributed by atoms with van der Waals surface area (Å²) in [5.41, 5.74) is 3.35. The van der Waals surface area contributed by atoms with Crippen molar-refractivity contribution in [2.45, 2.75) is 46.2 Å². The molecule has 0 radical (unpaired) electrons. The number of carbonyl (C=O) groups excluding carboxylic acids is 1. The van der Waals surface area contributed by atoms with Crippen LogP contribution in [0.1, 0.15) is 60.0 Å². The minimum Gasteiger partial charge on any atom is -0.328 e. The molecule has 0 aliphatic carbocycles. The van der Waals surface area contributed by atoms with Crippen LogP contribution in [0.15, 0.2) is 83.7 Å². The number of fused-ring (bicyclic) bond motifs is 1. The van der Waals surface area contributed by atoms with E-state index in [1.54, 1.807) is 4.57 Å². The van der Waals surface area contributed by atoms with Crippen LogP contribution in [-0.4, -0.2) is 26.9 Å². The zero-order valence-electron chi connectivity index (χ0n) is 20.1. The molecule has 4 rings (SSSR count). The molecule has 1 atom stereocenters.